The zero-order valence-electron chi connectivity index (χ0n) is 10.6. The maximum Gasteiger partial charge on any atom is 0.158 e. The molecule has 0 atom stereocenters. The molecule has 0 aromatic carbocycles. The number of nitrogens with one attached hydrogen (secondary N) is 1. The minimum Gasteiger partial charge on any atom is -0.307 e. The average Bonchev–Trinajstić information content (AvgIpc) is 3.12. The van der Waals surface area contributed by atoms with Gasteiger partial charge in [-0.15, -0.1) is 0 Å². The van der Waals surface area contributed by atoms with Crippen LogP contribution in [-0.2, 0) is 6.54 Å². The van der Waals surface area contributed by atoms with Crippen LogP contribution in [0.5, 0.6) is 0 Å². The first-order valence-corrected chi connectivity index (χ1v) is 6.20. The van der Waals surface area contributed by atoms with Crippen molar-refractivity contribution in [1.82, 2.24) is 14.9 Å². The van der Waals surface area contributed by atoms with Gasteiger partial charge in [-0.1, -0.05) is 13.8 Å². The molecule has 5 heteroatoms. The van der Waals surface area contributed by atoms with Gasteiger partial charge in [0, 0.05) is 19.1 Å². The lowest BCUT2D eigenvalue weighted by Crippen LogP contribution is -2.30. The van der Waals surface area contributed by atoms with E-state index >= 15 is 0 Å². The van der Waals surface area contributed by atoms with Gasteiger partial charge in [0.25, 0.3) is 0 Å². The Balaban J connectivity index is 1.96. The van der Waals surface area contributed by atoms with Crippen molar-refractivity contribution in [2.45, 2.75) is 39.3 Å². The topological polar surface area (TPSA) is 67.1 Å². The molecule has 1 aliphatic rings. The maximum atomic E-state index is 5.26. The molecular weight excluding hydrogens is 214 g/mol. The lowest BCUT2D eigenvalue weighted by Gasteiger charge is -2.23. The molecule has 0 bridgehead atoms. The lowest BCUT2D eigenvalue weighted by molar-refractivity contribution is 0.223. The van der Waals surface area contributed by atoms with E-state index in [9.17, 15) is 0 Å². The lowest BCUT2D eigenvalue weighted by atomic mass is 10.2. The SMILES string of the molecule is CC(C)CN(Cc1cnc(NN)cn1)C1CC1. The number of rotatable bonds is 6. The fourth-order valence-corrected chi connectivity index (χ4v) is 1.97. The standard InChI is InChI=1S/C12H21N5/c1-9(2)7-17(11-3-4-11)8-10-5-15-12(16-13)6-14-10/h5-6,9,11H,3-4,7-8,13H2,1-2H3,(H,15,16). The highest BCUT2D eigenvalue weighted by molar-refractivity contribution is 5.28. The summed E-state index contributed by atoms with van der Waals surface area (Å²) in [5, 5.41) is 0. The highest BCUT2D eigenvalue weighted by Gasteiger charge is 2.29. The number of hydrogen-bond donors (Lipinski definition) is 2. The van der Waals surface area contributed by atoms with E-state index in [2.05, 4.69) is 34.1 Å². The monoisotopic (exact) mass is 235 g/mol. The molecular formula is C12H21N5. The molecule has 1 aromatic rings. The van der Waals surface area contributed by atoms with E-state index < -0.39 is 0 Å². The number of nitrogen functional groups attached to an aromatic ring is 1. The summed E-state index contributed by atoms with van der Waals surface area (Å²) in [6, 6.07) is 0.756. The third-order valence-corrected chi connectivity index (χ3v) is 2.88. The normalized spacial score (nSPS) is 15.6. The van der Waals surface area contributed by atoms with Crippen LogP contribution in [0.25, 0.3) is 0 Å². The smallest absolute Gasteiger partial charge is 0.158 e. The van der Waals surface area contributed by atoms with E-state index in [1.807, 2.05) is 0 Å². The summed E-state index contributed by atoms with van der Waals surface area (Å²) in [6.45, 7) is 6.52. The number of hydrogen-bond acceptors (Lipinski definition) is 5. The Kier molecular flexibility index (Phi) is 3.91. The third kappa shape index (κ3) is 3.64. The van der Waals surface area contributed by atoms with Crippen LogP contribution in [0.2, 0.25) is 0 Å². The van der Waals surface area contributed by atoms with Crippen molar-refractivity contribution in [2.75, 3.05) is 12.0 Å². The van der Waals surface area contributed by atoms with Crippen LogP contribution < -0.4 is 11.3 Å². The van der Waals surface area contributed by atoms with Gasteiger partial charge in [0.2, 0.25) is 0 Å². The van der Waals surface area contributed by atoms with Crippen LogP contribution in [0.3, 0.4) is 0 Å². The van der Waals surface area contributed by atoms with Gasteiger partial charge in [-0.05, 0) is 18.8 Å². The number of nitrogens with two attached hydrogens (primary N) is 1. The number of hydrazine groups is 1. The second kappa shape index (κ2) is 5.42. The minimum absolute atomic E-state index is 0.607. The predicted molar refractivity (Wildman–Crippen MR) is 68.1 cm³/mol. The Morgan fingerprint density at radius 1 is 1.41 bits per heavy atom. The van der Waals surface area contributed by atoms with Gasteiger partial charge in [0.15, 0.2) is 5.82 Å². The molecule has 1 aliphatic carbocycles. The molecule has 0 spiro atoms. The summed E-state index contributed by atoms with van der Waals surface area (Å²) in [7, 11) is 0. The van der Waals surface area contributed by atoms with Crippen LogP contribution in [0.1, 0.15) is 32.4 Å². The van der Waals surface area contributed by atoms with Crippen molar-refractivity contribution in [3.63, 3.8) is 0 Å². The molecule has 5 nitrogen and oxygen atoms in total. The van der Waals surface area contributed by atoms with Crippen molar-refractivity contribution < 1.29 is 0 Å². The van der Waals surface area contributed by atoms with Crippen molar-refractivity contribution >= 4 is 5.82 Å². The second-order valence-electron chi connectivity index (χ2n) is 5.09. The van der Waals surface area contributed by atoms with Crippen LogP contribution >= 0.6 is 0 Å². The van der Waals surface area contributed by atoms with E-state index in [0.717, 1.165) is 24.8 Å². The van der Waals surface area contributed by atoms with E-state index in [0.29, 0.717) is 11.7 Å². The van der Waals surface area contributed by atoms with Crippen molar-refractivity contribution in [3.05, 3.63) is 18.1 Å². The Morgan fingerprint density at radius 2 is 2.18 bits per heavy atom. The molecule has 0 saturated heterocycles. The van der Waals surface area contributed by atoms with Crippen molar-refractivity contribution in [1.29, 1.82) is 0 Å². The highest BCUT2D eigenvalue weighted by atomic mass is 15.3. The van der Waals surface area contributed by atoms with Crippen molar-refractivity contribution in [2.24, 2.45) is 11.8 Å². The van der Waals surface area contributed by atoms with E-state index in [1.165, 1.54) is 12.8 Å². The first-order valence-electron chi connectivity index (χ1n) is 6.20. The molecule has 0 radical (unpaired) electrons. The molecule has 0 aliphatic heterocycles. The quantitative estimate of drug-likeness (QED) is 0.576. The molecule has 0 amide bonds. The predicted octanol–water partition coefficient (Wildman–Crippen LogP) is 1.38. The second-order valence-corrected chi connectivity index (χ2v) is 5.09. The maximum absolute atomic E-state index is 5.26. The summed E-state index contributed by atoms with van der Waals surface area (Å²) < 4.78 is 0. The molecule has 0 unspecified atom stereocenters. The fourth-order valence-electron chi connectivity index (χ4n) is 1.97. The Hall–Kier alpha value is -1.20. The fraction of sp³-hybridized carbons (Fsp3) is 0.667. The molecule has 1 heterocycles. The number of aromatic nitrogens is 2. The van der Waals surface area contributed by atoms with Gasteiger partial charge < -0.3 is 5.43 Å². The molecule has 3 N–H and O–H groups in total. The van der Waals surface area contributed by atoms with Gasteiger partial charge in [-0.3, -0.25) is 9.88 Å². The van der Waals surface area contributed by atoms with Crippen LogP contribution in [0.4, 0.5) is 5.82 Å². The summed E-state index contributed by atoms with van der Waals surface area (Å²) in [5.41, 5.74) is 3.50. The largest absolute Gasteiger partial charge is 0.307 e. The van der Waals surface area contributed by atoms with Crippen LogP contribution in [0.15, 0.2) is 12.4 Å². The van der Waals surface area contributed by atoms with E-state index in [-0.39, 0.29) is 0 Å². The summed E-state index contributed by atoms with van der Waals surface area (Å²) in [4.78, 5) is 11.0. The summed E-state index contributed by atoms with van der Waals surface area (Å²) >= 11 is 0. The molecule has 17 heavy (non-hydrogen) atoms. The molecule has 94 valence electrons. The molecule has 1 fully saturated rings. The molecule has 2 rings (SSSR count). The third-order valence-electron chi connectivity index (χ3n) is 2.88. The number of nitrogens with zero attached hydrogens (tertiary/aromatic N) is 3. The van der Waals surface area contributed by atoms with Gasteiger partial charge in [0.05, 0.1) is 18.1 Å². The van der Waals surface area contributed by atoms with E-state index in [1.54, 1.807) is 12.4 Å². The first kappa shape index (κ1) is 12.3. The summed E-state index contributed by atoms with van der Waals surface area (Å²) in [5.74, 6) is 6.56. The van der Waals surface area contributed by atoms with E-state index in [4.69, 9.17) is 5.84 Å². The summed E-state index contributed by atoms with van der Waals surface area (Å²) in [6.07, 6.45) is 6.12. The zero-order chi connectivity index (χ0) is 12.3. The average molecular weight is 235 g/mol. The minimum atomic E-state index is 0.607. The Bertz CT molecular complexity index is 344. The Morgan fingerprint density at radius 3 is 2.65 bits per heavy atom. The van der Waals surface area contributed by atoms with Gasteiger partial charge in [-0.25, -0.2) is 10.8 Å². The zero-order valence-corrected chi connectivity index (χ0v) is 10.6. The van der Waals surface area contributed by atoms with Crippen LogP contribution in [-0.4, -0.2) is 27.5 Å². The van der Waals surface area contributed by atoms with Crippen LogP contribution in [0, 0.1) is 5.92 Å². The van der Waals surface area contributed by atoms with Gasteiger partial charge in [-0.2, -0.15) is 0 Å². The number of anilines is 1. The molecule has 1 aromatic heterocycles. The Labute approximate surface area is 102 Å². The highest BCUT2D eigenvalue weighted by Crippen LogP contribution is 2.28. The van der Waals surface area contributed by atoms with Crippen molar-refractivity contribution in [3.8, 4) is 0 Å². The first-order chi connectivity index (χ1) is 8.19. The van der Waals surface area contributed by atoms with Gasteiger partial charge in [0.1, 0.15) is 0 Å². The van der Waals surface area contributed by atoms with Gasteiger partial charge >= 0.3 is 0 Å². The molecule has 1 saturated carbocycles.